The van der Waals surface area contributed by atoms with Gasteiger partial charge in [0, 0.05) is 15.3 Å². The van der Waals surface area contributed by atoms with Gasteiger partial charge < -0.3 is 0 Å². The molecule has 0 radical (unpaired) electrons. The van der Waals surface area contributed by atoms with Gasteiger partial charge >= 0.3 is 0 Å². The lowest BCUT2D eigenvalue weighted by atomic mass is 10.1. The number of thiophene rings is 1. The van der Waals surface area contributed by atoms with Crippen molar-refractivity contribution in [1.82, 2.24) is 15.0 Å². The minimum absolute atomic E-state index is 0.0896. The quantitative estimate of drug-likeness (QED) is 0.696. The Morgan fingerprint density at radius 3 is 2.76 bits per heavy atom. The number of carbonyl (C=O) groups is 1. The molecule has 0 fully saturated rings. The number of Topliss-reactive ketones (excluding diaryl/α,β-unsaturated/α-hetero) is 1. The Hall–Kier alpha value is -2.34. The number of ketones is 1. The normalized spacial score (nSPS) is 11.0. The minimum atomic E-state index is -0.293. The highest BCUT2D eigenvalue weighted by molar-refractivity contribution is 7.12. The summed E-state index contributed by atoms with van der Waals surface area (Å²) in [4.78, 5) is 26.6. The maximum atomic E-state index is 12.3. The maximum Gasteiger partial charge on any atom is 0.278 e. The molecule has 106 valence electrons. The van der Waals surface area contributed by atoms with Crippen LogP contribution in [0.4, 0.5) is 0 Å². The van der Waals surface area contributed by atoms with Crippen molar-refractivity contribution in [1.29, 1.82) is 0 Å². The Morgan fingerprint density at radius 1 is 1.29 bits per heavy atom. The van der Waals surface area contributed by atoms with Gasteiger partial charge in [-0.05, 0) is 32.0 Å². The molecule has 0 aliphatic heterocycles. The lowest BCUT2D eigenvalue weighted by Gasteiger charge is -2.04. The molecule has 0 saturated heterocycles. The Kier molecular flexibility index (Phi) is 3.39. The molecule has 2 heterocycles. The summed E-state index contributed by atoms with van der Waals surface area (Å²) in [5, 5.41) is 8.30. The second-order valence-electron chi connectivity index (χ2n) is 4.82. The number of aromatic nitrogens is 3. The third-order valence-electron chi connectivity index (χ3n) is 3.26. The number of fused-ring (bicyclic) bond motifs is 1. The van der Waals surface area contributed by atoms with Gasteiger partial charge in [0.2, 0.25) is 0 Å². The summed E-state index contributed by atoms with van der Waals surface area (Å²) >= 11 is 1.57. The third-order valence-corrected chi connectivity index (χ3v) is 4.23. The van der Waals surface area contributed by atoms with Gasteiger partial charge in [-0.3, -0.25) is 9.59 Å². The number of hydrogen-bond donors (Lipinski definition) is 0. The third kappa shape index (κ3) is 2.50. The molecule has 21 heavy (non-hydrogen) atoms. The summed E-state index contributed by atoms with van der Waals surface area (Å²) in [6.07, 6.45) is 0. The molecule has 0 atom stereocenters. The lowest BCUT2D eigenvalue weighted by molar-refractivity contribution is 0.0964. The van der Waals surface area contributed by atoms with Gasteiger partial charge in [0.05, 0.1) is 5.39 Å². The van der Waals surface area contributed by atoms with E-state index in [1.165, 1.54) is 0 Å². The molecule has 0 unspecified atom stereocenters. The number of nitrogens with zero attached hydrogens (tertiary/aromatic N) is 3. The fourth-order valence-corrected chi connectivity index (χ4v) is 3.20. The molecule has 0 aliphatic rings. The molecular formula is C15H13N3O2S. The van der Waals surface area contributed by atoms with Gasteiger partial charge in [0.25, 0.3) is 5.56 Å². The van der Waals surface area contributed by atoms with Gasteiger partial charge in [0.15, 0.2) is 5.78 Å². The molecule has 6 heteroatoms. The first-order chi connectivity index (χ1) is 10.1. The van der Waals surface area contributed by atoms with E-state index in [-0.39, 0.29) is 17.9 Å². The largest absolute Gasteiger partial charge is 0.292 e. The lowest BCUT2D eigenvalue weighted by Crippen LogP contribution is -2.27. The Morgan fingerprint density at radius 2 is 2.05 bits per heavy atom. The van der Waals surface area contributed by atoms with Gasteiger partial charge in [-0.1, -0.05) is 17.3 Å². The van der Waals surface area contributed by atoms with Crippen LogP contribution in [0.5, 0.6) is 0 Å². The van der Waals surface area contributed by atoms with Gasteiger partial charge in [-0.2, -0.15) is 0 Å². The number of benzene rings is 1. The highest BCUT2D eigenvalue weighted by Gasteiger charge is 2.15. The van der Waals surface area contributed by atoms with Crippen molar-refractivity contribution in [2.75, 3.05) is 0 Å². The fourth-order valence-electron chi connectivity index (χ4n) is 2.26. The predicted molar refractivity (Wildman–Crippen MR) is 81.9 cm³/mol. The van der Waals surface area contributed by atoms with Crippen molar-refractivity contribution in [3.8, 4) is 0 Å². The van der Waals surface area contributed by atoms with Crippen molar-refractivity contribution in [3.63, 3.8) is 0 Å². The predicted octanol–water partition coefficient (Wildman–Crippen LogP) is 2.35. The van der Waals surface area contributed by atoms with E-state index in [2.05, 4.69) is 10.3 Å². The monoisotopic (exact) mass is 299 g/mol. The fraction of sp³-hybridized carbons (Fsp3) is 0.200. The topological polar surface area (TPSA) is 64.8 Å². The average molecular weight is 299 g/mol. The van der Waals surface area contributed by atoms with E-state index in [1.807, 2.05) is 19.9 Å². The van der Waals surface area contributed by atoms with Crippen LogP contribution in [0.1, 0.15) is 20.1 Å². The first kappa shape index (κ1) is 13.6. The smallest absolute Gasteiger partial charge is 0.278 e. The van der Waals surface area contributed by atoms with E-state index < -0.39 is 0 Å². The summed E-state index contributed by atoms with van der Waals surface area (Å²) in [5.41, 5.74) is 0.895. The molecule has 5 nitrogen and oxygen atoms in total. The zero-order valence-corrected chi connectivity index (χ0v) is 12.5. The van der Waals surface area contributed by atoms with Crippen molar-refractivity contribution in [3.05, 3.63) is 56.0 Å². The van der Waals surface area contributed by atoms with Crippen LogP contribution in [0.25, 0.3) is 10.9 Å². The number of carbonyl (C=O) groups excluding carboxylic acids is 1. The van der Waals surface area contributed by atoms with Crippen LogP contribution in [0.15, 0.2) is 35.1 Å². The number of rotatable bonds is 3. The Balaban J connectivity index is 1.99. The molecule has 0 bridgehead atoms. The number of hydrogen-bond acceptors (Lipinski definition) is 5. The van der Waals surface area contributed by atoms with Gasteiger partial charge in [-0.25, -0.2) is 4.68 Å². The van der Waals surface area contributed by atoms with E-state index in [9.17, 15) is 9.59 Å². The molecule has 2 aromatic heterocycles. The van der Waals surface area contributed by atoms with Gasteiger partial charge in [0.1, 0.15) is 12.1 Å². The second kappa shape index (κ2) is 5.21. The summed E-state index contributed by atoms with van der Waals surface area (Å²) in [5.74, 6) is -0.122. The van der Waals surface area contributed by atoms with Crippen LogP contribution in [0, 0.1) is 13.8 Å². The standard InChI is InChI=1S/C15H13N3O2S/c1-9-7-12(10(2)21-9)14(19)8-18-15(20)11-5-3-4-6-13(11)16-17-18/h3-7H,8H2,1-2H3. The summed E-state index contributed by atoms with van der Waals surface area (Å²) in [6.45, 7) is 3.77. The van der Waals surface area contributed by atoms with E-state index in [1.54, 1.807) is 35.6 Å². The zero-order chi connectivity index (χ0) is 15.0. The minimum Gasteiger partial charge on any atom is -0.292 e. The molecule has 0 aliphatic carbocycles. The average Bonchev–Trinajstić information content (AvgIpc) is 2.81. The van der Waals surface area contributed by atoms with Crippen LogP contribution in [0.2, 0.25) is 0 Å². The van der Waals surface area contributed by atoms with E-state index in [0.29, 0.717) is 16.5 Å². The molecule has 3 aromatic rings. The van der Waals surface area contributed by atoms with Crippen LogP contribution in [-0.4, -0.2) is 20.8 Å². The van der Waals surface area contributed by atoms with E-state index in [4.69, 9.17) is 0 Å². The molecule has 0 saturated carbocycles. The molecule has 0 spiro atoms. The molecule has 0 N–H and O–H groups in total. The molecule has 0 amide bonds. The maximum absolute atomic E-state index is 12.3. The van der Waals surface area contributed by atoms with E-state index >= 15 is 0 Å². The van der Waals surface area contributed by atoms with Crippen LogP contribution < -0.4 is 5.56 Å². The number of aryl methyl sites for hydroxylation is 2. The Labute approximate surface area is 124 Å². The highest BCUT2D eigenvalue weighted by Crippen LogP contribution is 2.21. The highest BCUT2D eigenvalue weighted by atomic mass is 32.1. The summed E-state index contributed by atoms with van der Waals surface area (Å²) < 4.78 is 1.12. The summed E-state index contributed by atoms with van der Waals surface area (Å²) in [6, 6.07) is 8.82. The zero-order valence-electron chi connectivity index (χ0n) is 11.7. The van der Waals surface area contributed by atoms with Crippen LogP contribution in [-0.2, 0) is 6.54 Å². The van der Waals surface area contributed by atoms with Crippen LogP contribution in [0.3, 0.4) is 0 Å². The summed E-state index contributed by atoms with van der Waals surface area (Å²) in [7, 11) is 0. The molecular weight excluding hydrogens is 286 g/mol. The van der Waals surface area contributed by atoms with Crippen molar-refractivity contribution < 1.29 is 4.79 Å². The molecule has 3 rings (SSSR count). The first-order valence-corrected chi connectivity index (χ1v) is 7.30. The van der Waals surface area contributed by atoms with Gasteiger partial charge in [-0.15, -0.1) is 16.4 Å². The van der Waals surface area contributed by atoms with Crippen molar-refractivity contribution >= 4 is 28.0 Å². The van der Waals surface area contributed by atoms with Crippen LogP contribution >= 0.6 is 11.3 Å². The Bertz CT molecular complexity index is 895. The SMILES string of the molecule is Cc1cc(C(=O)Cn2nnc3ccccc3c2=O)c(C)s1. The van der Waals surface area contributed by atoms with Crippen molar-refractivity contribution in [2.45, 2.75) is 20.4 Å². The first-order valence-electron chi connectivity index (χ1n) is 6.49. The van der Waals surface area contributed by atoms with E-state index in [0.717, 1.165) is 14.4 Å². The molecule has 1 aromatic carbocycles. The second-order valence-corrected chi connectivity index (χ2v) is 6.28. The van der Waals surface area contributed by atoms with Crippen molar-refractivity contribution in [2.24, 2.45) is 0 Å².